The van der Waals surface area contributed by atoms with E-state index in [1.165, 1.54) is 15.7 Å². The largest absolute Gasteiger partial charge is 0.357 e. The minimum Gasteiger partial charge on any atom is -0.357 e. The predicted molar refractivity (Wildman–Crippen MR) is 145 cm³/mol. The van der Waals surface area contributed by atoms with Gasteiger partial charge in [0.2, 0.25) is 5.91 Å². The fourth-order valence-corrected chi connectivity index (χ4v) is 4.55. The monoisotopic (exact) mass is 491 g/mol. The van der Waals surface area contributed by atoms with Gasteiger partial charge in [-0.15, -0.1) is 0 Å². The summed E-state index contributed by atoms with van der Waals surface area (Å²) < 4.78 is 1.54. The maximum Gasteiger partial charge on any atom is 0.273 e. The summed E-state index contributed by atoms with van der Waals surface area (Å²) in [5, 5.41) is 3.92. The molecule has 7 heteroatoms. The summed E-state index contributed by atoms with van der Waals surface area (Å²) in [6.45, 7) is 2.32. The van der Waals surface area contributed by atoms with Crippen LogP contribution in [-0.2, 0) is 30.7 Å². The molecule has 0 atom stereocenters. The van der Waals surface area contributed by atoms with Crippen LogP contribution in [0, 0.1) is 6.92 Å². The summed E-state index contributed by atoms with van der Waals surface area (Å²) >= 11 is 0. The second kappa shape index (κ2) is 11.0. The molecular weight excluding hydrogens is 462 g/mol. The molecule has 37 heavy (non-hydrogen) atoms. The maximum absolute atomic E-state index is 13.5. The van der Waals surface area contributed by atoms with Gasteiger partial charge >= 0.3 is 0 Å². The van der Waals surface area contributed by atoms with Crippen LogP contribution in [0.1, 0.15) is 28.9 Å². The second-order valence-corrected chi connectivity index (χ2v) is 9.22. The lowest BCUT2D eigenvalue weighted by atomic mass is 10.0. The van der Waals surface area contributed by atoms with Crippen LogP contribution in [0.3, 0.4) is 0 Å². The van der Waals surface area contributed by atoms with Gasteiger partial charge in [-0.05, 0) is 49.4 Å². The normalized spacial score (nSPS) is 11.1. The Morgan fingerprint density at radius 3 is 2.68 bits per heavy atom. The van der Waals surface area contributed by atoms with Crippen LogP contribution < -0.4 is 10.9 Å². The Kier molecular flexibility index (Phi) is 7.21. The number of benzene rings is 2. The van der Waals surface area contributed by atoms with Crippen molar-refractivity contribution in [3.8, 4) is 11.3 Å². The Hall–Kier alpha value is -4.52. The summed E-state index contributed by atoms with van der Waals surface area (Å²) in [6.07, 6.45) is 7.42. The lowest BCUT2D eigenvalue weighted by molar-refractivity contribution is -0.121. The van der Waals surface area contributed by atoms with E-state index in [2.05, 4.69) is 51.5 Å². The summed E-state index contributed by atoms with van der Waals surface area (Å²) in [5.74, 6) is -0.243. The van der Waals surface area contributed by atoms with Gasteiger partial charge in [0.15, 0.2) is 0 Å². The van der Waals surface area contributed by atoms with E-state index in [-0.39, 0.29) is 18.0 Å². The Morgan fingerprint density at radius 1 is 1.00 bits per heavy atom. The first-order chi connectivity index (χ1) is 18.1. The van der Waals surface area contributed by atoms with Crippen molar-refractivity contribution >= 4 is 16.8 Å². The summed E-state index contributed by atoms with van der Waals surface area (Å²) in [6, 6.07) is 21.8. The van der Waals surface area contributed by atoms with Crippen molar-refractivity contribution in [3.63, 3.8) is 0 Å². The van der Waals surface area contributed by atoms with Gasteiger partial charge in [0.25, 0.3) is 5.56 Å². The molecule has 0 fully saturated rings. The van der Waals surface area contributed by atoms with Crippen LogP contribution in [0.2, 0.25) is 0 Å². The number of rotatable bonds is 9. The van der Waals surface area contributed by atoms with Crippen molar-refractivity contribution in [2.75, 3.05) is 0 Å². The first-order valence-electron chi connectivity index (χ1n) is 12.4. The minimum absolute atomic E-state index is 0.0851. The van der Waals surface area contributed by atoms with Crippen LogP contribution >= 0.6 is 0 Å². The number of hydrogen-bond acceptors (Lipinski definition) is 4. The lowest BCUT2D eigenvalue weighted by Gasteiger charge is -2.14. The van der Waals surface area contributed by atoms with Gasteiger partial charge in [-0.1, -0.05) is 60.2 Å². The summed E-state index contributed by atoms with van der Waals surface area (Å²) in [7, 11) is 0. The van der Waals surface area contributed by atoms with E-state index in [0.717, 1.165) is 35.0 Å². The number of aryl methyl sites for hydroxylation is 3. The number of carbonyl (C=O) groups is 1. The standard InChI is InChI=1S/C30H29N5O2/c1-21-7-5-8-22(15-21)9-6-12-27-30(37)35(28(19-32-27)23-10-3-2-4-11-23)20-29(36)33-18-25-16-24-17-31-14-13-26(24)34-25/h2-5,7-8,10-11,13-17,19,34H,6,9,12,18,20H2,1H3,(H,33,36). The maximum atomic E-state index is 13.5. The SMILES string of the molecule is Cc1cccc(CCCc2ncc(-c3ccccc3)n(CC(=O)NCc3cc4cnccc4[nH]3)c2=O)c1. The molecule has 3 aromatic heterocycles. The number of aromatic nitrogens is 4. The molecule has 1 amide bonds. The fraction of sp³-hybridized carbons (Fsp3) is 0.200. The molecule has 0 aliphatic rings. The number of pyridine rings is 1. The lowest BCUT2D eigenvalue weighted by Crippen LogP contribution is -2.34. The van der Waals surface area contributed by atoms with E-state index in [1.54, 1.807) is 18.6 Å². The van der Waals surface area contributed by atoms with Crippen LogP contribution in [-0.4, -0.2) is 25.4 Å². The first kappa shape index (κ1) is 24.2. The van der Waals surface area contributed by atoms with Gasteiger partial charge in [-0.3, -0.25) is 24.1 Å². The molecule has 7 nitrogen and oxygen atoms in total. The van der Waals surface area contributed by atoms with Gasteiger partial charge in [-0.25, -0.2) is 0 Å². The van der Waals surface area contributed by atoms with E-state index < -0.39 is 0 Å². The topological polar surface area (TPSA) is 92.7 Å². The van der Waals surface area contributed by atoms with Gasteiger partial charge in [0.1, 0.15) is 12.2 Å². The number of amides is 1. The Morgan fingerprint density at radius 2 is 1.86 bits per heavy atom. The molecule has 186 valence electrons. The molecular formula is C30H29N5O2. The zero-order valence-electron chi connectivity index (χ0n) is 20.8. The van der Waals surface area contributed by atoms with Crippen molar-refractivity contribution in [1.29, 1.82) is 0 Å². The molecule has 5 aromatic rings. The summed E-state index contributed by atoms with van der Waals surface area (Å²) in [5.41, 5.74) is 6.02. The van der Waals surface area contributed by atoms with E-state index in [9.17, 15) is 9.59 Å². The highest BCUT2D eigenvalue weighted by atomic mass is 16.2. The number of hydrogen-bond donors (Lipinski definition) is 2. The average molecular weight is 492 g/mol. The molecule has 0 unspecified atom stereocenters. The van der Waals surface area contributed by atoms with Gasteiger partial charge < -0.3 is 10.3 Å². The minimum atomic E-state index is -0.243. The van der Waals surface area contributed by atoms with Crippen LogP contribution in [0.15, 0.2) is 90.1 Å². The van der Waals surface area contributed by atoms with Crippen LogP contribution in [0.5, 0.6) is 0 Å². The average Bonchev–Trinajstić information content (AvgIpc) is 3.33. The smallest absolute Gasteiger partial charge is 0.273 e. The van der Waals surface area contributed by atoms with Crippen molar-refractivity contribution in [3.05, 3.63) is 118 Å². The number of nitrogens with one attached hydrogen (secondary N) is 2. The van der Waals surface area contributed by atoms with Gasteiger partial charge in [0, 0.05) is 29.0 Å². The molecule has 0 spiro atoms. The fourth-order valence-electron chi connectivity index (χ4n) is 4.55. The number of aromatic amines is 1. The molecule has 2 N–H and O–H groups in total. The number of carbonyl (C=O) groups excluding carboxylic acids is 1. The third-order valence-corrected chi connectivity index (χ3v) is 6.41. The molecule has 0 saturated carbocycles. The van der Waals surface area contributed by atoms with Crippen LogP contribution in [0.4, 0.5) is 0 Å². The zero-order chi connectivity index (χ0) is 25.6. The van der Waals surface area contributed by atoms with Gasteiger partial charge in [-0.2, -0.15) is 0 Å². The Balaban J connectivity index is 1.33. The summed E-state index contributed by atoms with van der Waals surface area (Å²) in [4.78, 5) is 38.4. The molecule has 0 radical (unpaired) electrons. The highest BCUT2D eigenvalue weighted by molar-refractivity contribution is 5.80. The molecule has 2 aromatic carbocycles. The Bertz CT molecular complexity index is 1550. The molecule has 0 aliphatic heterocycles. The van der Waals surface area contributed by atoms with Gasteiger partial charge in [0.05, 0.1) is 18.4 Å². The second-order valence-electron chi connectivity index (χ2n) is 9.22. The van der Waals surface area contributed by atoms with Crippen molar-refractivity contribution in [2.45, 2.75) is 39.3 Å². The third kappa shape index (κ3) is 5.83. The molecule has 0 saturated heterocycles. The number of nitrogens with zero attached hydrogens (tertiary/aromatic N) is 3. The van der Waals surface area contributed by atoms with Crippen molar-refractivity contribution in [1.82, 2.24) is 24.8 Å². The molecule has 0 aliphatic carbocycles. The zero-order valence-corrected chi connectivity index (χ0v) is 20.8. The van der Waals surface area contributed by atoms with E-state index in [1.807, 2.05) is 42.5 Å². The quantitative estimate of drug-likeness (QED) is 0.316. The van der Waals surface area contributed by atoms with E-state index in [4.69, 9.17) is 0 Å². The molecule has 3 heterocycles. The van der Waals surface area contributed by atoms with Crippen LogP contribution in [0.25, 0.3) is 22.2 Å². The Labute approximate surface area is 215 Å². The number of H-pyrrole nitrogens is 1. The predicted octanol–water partition coefficient (Wildman–Crippen LogP) is 4.59. The first-order valence-corrected chi connectivity index (χ1v) is 12.4. The third-order valence-electron chi connectivity index (χ3n) is 6.41. The van der Waals surface area contributed by atoms with E-state index in [0.29, 0.717) is 24.4 Å². The van der Waals surface area contributed by atoms with Crippen molar-refractivity contribution < 1.29 is 4.79 Å². The highest BCUT2D eigenvalue weighted by Crippen LogP contribution is 2.18. The highest BCUT2D eigenvalue weighted by Gasteiger charge is 2.15. The van der Waals surface area contributed by atoms with Crippen molar-refractivity contribution in [2.24, 2.45) is 0 Å². The number of fused-ring (bicyclic) bond motifs is 1. The van der Waals surface area contributed by atoms with E-state index >= 15 is 0 Å². The molecule has 0 bridgehead atoms. The molecule has 5 rings (SSSR count).